The summed E-state index contributed by atoms with van der Waals surface area (Å²) in [5, 5.41) is 8.56. The van der Waals surface area contributed by atoms with Crippen molar-refractivity contribution in [2.24, 2.45) is 0 Å². The van der Waals surface area contributed by atoms with Gasteiger partial charge in [-0.25, -0.2) is 0 Å². The number of hydrogen-bond donors (Lipinski definition) is 3. The van der Waals surface area contributed by atoms with Crippen LogP contribution >= 0.6 is 0 Å². The van der Waals surface area contributed by atoms with Gasteiger partial charge in [0, 0.05) is 23.9 Å². The van der Waals surface area contributed by atoms with Gasteiger partial charge in [0.15, 0.2) is 0 Å². The van der Waals surface area contributed by atoms with E-state index in [1.54, 1.807) is 36.4 Å². The molecule has 6 nitrogen and oxygen atoms in total. The first kappa shape index (κ1) is 21.8. The third-order valence-electron chi connectivity index (χ3n) is 4.76. The Hall–Kier alpha value is -3.93. The van der Waals surface area contributed by atoms with E-state index in [1.807, 2.05) is 49.4 Å². The van der Waals surface area contributed by atoms with E-state index in [-0.39, 0.29) is 24.1 Å². The Bertz CT molecular complexity index is 1070. The van der Waals surface area contributed by atoms with Crippen LogP contribution < -0.4 is 16.0 Å². The summed E-state index contributed by atoms with van der Waals surface area (Å²) >= 11 is 0. The summed E-state index contributed by atoms with van der Waals surface area (Å²) in [4.78, 5) is 36.8. The summed E-state index contributed by atoms with van der Waals surface area (Å²) in [5.74, 6) is -0.676. The van der Waals surface area contributed by atoms with Gasteiger partial charge in [-0.15, -0.1) is 0 Å². The summed E-state index contributed by atoms with van der Waals surface area (Å²) in [6, 6.07) is 23.1. The van der Waals surface area contributed by atoms with Gasteiger partial charge in [0.25, 0.3) is 5.91 Å². The quantitative estimate of drug-likeness (QED) is 0.533. The van der Waals surface area contributed by atoms with Crippen LogP contribution in [0.2, 0.25) is 0 Å². The van der Waals surface area contributed by atoms with Crippen LogP contribution in [0.5, 0.6) is 0 Å². The van der Waals surface area contributed by atoms with Gasteiger partial charge in [0.05, 0.1) is 12.5 Å². The smallest absolute Gasteiger partial charge is 0.251 e. The van der Waals surface area contributed by atoms with Crippen LogP contribution in [-0.2, 0) is 9.59 Å². The number of anilines is 2. The zero-order valence-corrected chi connectivity index (χ0v) is 17.5. The fraction of sp³-hybridized carbons (Fsp3) is 0.160. The Morgan fingerprint density at radius 1 is 0.839 bits per heavy atom. The predicted octanol–water partition coefficient (Wildman–Crippen LogP) is 4.45. The molecule has 3 rings (SSSR count). The van der Waals surface area contributed by atoms with Gasteiger partial charge in [-0.3, -0.25) is 14.4 Å². The summed E-state index contributed by atoms with van der Waals surface area (Å²) < 4.78 is 0. The van der Waals surface area contributed by atoms with Gasteiger partial charge in [-0.2, -0.15) is 0 Å². The molecule has 0 fully saturated rings. The SMILES string of the molecule is CC(=O)Nc1cc(NC(=O)CC(NC(=O)c2ccccc2)c2ccccc2)ccc1C. The van der Waals surface area contributed by atoms with E-state index in [1.165, 1.54) is 6.92 Å². The topological polar surface area (TPSA) is 87.3 Å². The van der Waals surface area contributed by atoms with Gasteiger partial charge in [-0.1, -0.05) is 54.6 Å². The molecule has 3 aromatic rings. The van der Waals surface area contributed by atoms with Crippen LogP contribution in [0.1, 0.15) is 40.9 Å². The lowest BCUT2D eigenvalue weighted by Crippen LogP contribution is -2.31. The number of hydrogen-bond acceptors (Lipinski definition) is 3. The molecule has 0 bridgehead atoms. The lowest BCUT2D eigenvalue weighted by atomic mass is 10.0. The molecule has 3 amide bonds. The Labute approximate surface area is 181 Å². The summed E-state index contributed by atoms with van der Waals surface area (Å²) in [6.07, 6.45) is 0.0614. The Morgan fingerprint density at radius 3 is 2.13 bits per heavy atom. The summed E-state index contributed by atoms with van der Waals surface area (Å²) in [5.41, 5.74) is 3.47. The Balaban J connectivity index is 1.74. The molecule has 158 valence electrons. The van der Waals surface area contributed by atoms with Crippen molar-refractivity contribution in [3.05, 3.63) is 95.6 Å². The molecule has 1 unspecified atom stereocenters. The van der Waals surface area contributed by atoms with Crippen LogP contribution in [0.25, 0.3) is 0 Å². The molecule has 31 heavy (non-hydrogen) atoms. The molecule has 0 saturated heterocycles. The first-order chi connectivity index (χ1) is 14.9. The molecule has 6 heteroatoms. The Kier molecular flexibility index (Phi) is 7.17. The zero-order chi connectivity index (χ0) is 22.2. The lowest BCUT2D eigenvalue weighted by Gasteiger charge is -2.19. The van der Waals surface area contributed by atoms with Gasteiger partial charge in [0.1, 0.15) is 0 Å². The van der Waals surface area contributed by atoms with Crippen LogP contribution in [0.3, 0.4) is 0 Å². The molecule has 0 aliphatic rings. The maximum Gasteiger partial charge on any atom is 0.251 e. The normalized spacial score (nSPS) is 11.3. The molecule has 0 radical (unpaired) electrons. The number of benzene rings is 3. The molecule has 0 saturated carbocycles. The highest BCUT2D eigenvalue weighted by atomic mass is 16.2. The van der Waals surface area contributed by atoms with Gasteiger partial charge >= 0.3 is 0 Å². The number of aryl methyl sites for hydroxylation is 1. The van der Waals surface area contributed by atoms with Crippen LogP contribution in [0.15, 0.2) is 78.9 Å². The maximum absolute atomic E-state index is 12.8. The van der Waals surface area contributed by atoms with E-state index < -0.39 is 6.04 Å². The van der Waals surface area contributed by atoms with Crippen molar-refractivity contribution < 1.29 is 14.4 Å². The Morgan fingerprint density at radius 2 is 1.48 bits per heavy atom. The average molecular weight is 415 g/mol. The van der Waals surface area contributed by atoms with Crippen molar-refractivity contribution in [3.8, 4) is 0 Å². The second-order valence-electron chi connectivity index (χ2n) is 7.27. The summed E-state index contributed by atoms with van der Waals surface area (Å²) in [7, 11) is 0. The molecule has 0 spiro atoms. The maximum atomic E-state index is 12.8. The van der Waals surface area contributed by atoms with E-state index >= 15 is 0 Å². The minimum absolute atomic E-state index is 0.0614. The standard InChI is InChI=1S/C25H25N3O3/c1-17-13-14-21(15-22(17)26-18(2)29)27-24(30)16-23(19-9-5-3-6-10-19)28-25(31)20-11-7-4-8-12-20/h3-15,23H,16H2,1-2H3,(H,26,29)(H,27,30)(H,28,31). The van der Waals surface area contributed by atoms with Gasteiger partial charge < -0.3 is 16.0 Å². The lowest BCUT2D eigenvalue weighted by molar-refractivity contribution is -0.116. The third-order valence-corrected chi connectivity index (χ3v) is 4.76. The molecular formula is C25H25N3O3. The molecule has 0 aliphatic carbocycles. The zero-order valence-electron chi connectivity index (χ0n) is 17.5. The second kappa shape index (κ2) is 10.2. The molecular weight excluding hydrogens is 390 g/mol. The second-order valence-corrected chi connectivity index (χ2v) is 7.27. The number of carbonyl (C=O) groups excluding carboxylic acids is 3. The van der Waals surface area contributed by atoms with Crippen molar-refractivity contribution >= 4 is 29.1 Å². The van der Waals surface area contributed by atoms with Crippen molar-refractivity contribution in [1.29, 1.82) is 0 Å². The van der Waals surface area contributed by atoms with Crippen LogP contribution in [-0.4, -0.2) is 17.7 Å². The van der Waals surface area contributed by atoms with E-state index in [2.05, 4.69) is 16.0 Å². The minimum atomic E-state index is -0.492. The number of nitrogens with one attached hydrogen (secondary N) is 3. The average Bonchev–Trinajstić information content (AvgIpc) is 2.76. The van der Waals surface area contributed by atoms with Crippen molar-refractivity contribution in [2.45, 2.75) is 26.3 Å². The van der Waals surface area contributed by atoms with Crippen molar-refractivity contribution in [2.75, 3.05) is 10.6 Å². The largest absolute Gasteiger partial charge is 0.345 e. The first-order valence-electron chi connectivity index (χ1n) is 10.0. The monoisotopic (exact) mass is 415 g/mol. The highest BCUT2D eigenvalue weighted by Crippen LogP contribution is 2.22. The molecule has 3 aromatic carbocycles. The van der Waals surface area contributed by atoms with E-state index in [0.717, 1.165) is 11.1 Å². The number of amides is 3. The molecule has 0 aliphatic heterocycles. The highest BCUT2D eigenvalue weighted by Gasteiger charge is 2.19. The first-order valence-corrected chi connectivity index (χ1v) is 10.0. The molecule has 0 aromatic heterocycles. The minimum Gasteiger partial charge on any atom is -0.345 e. The highest BCUT2D eigenvalue weighted by molar-refractivity contribution is 5.96. The fourth-order valence-corrected chi connectivity index (χ4v) is 3.19. The van der Waals surface area contributed by atoms with Gasteiger partial charge in [-0.05, 0) is 42.3 Å². The van der Waals surface area contributed by atoms with E-state index in [9.17, 15) is 14.4 Å². The van der Waals surface area contributed by atoms with Crippen molar-refractivity contribution in [1.82, 2.24) is 5.32 Å². The number of carbonyl (C=O) groups is 3. The molecule has 0 heterocycles. The van der Waals surface area contributed by atoms with Gasteiger partial charge in [0.2, 0.25) is 11.8 Å². The van der Waals surface area contributed by atoms with Crippen LogP contribution in [0.4, 0.5) is 11.4 Å². The fourth-order valence-electron chi connectivity index (χ4n) is 3.19. The summed E-state index contributed by atoms with van der Waals surface area (Å²) in [6.45, 7) is 3.31. The molecule has 1 atom stereocenters. The predicted molar refractivity (Wildman–Crippen MR) is 122 cm³/mol. The van der Waals surface area contributed by atoms with Crippen LogP contribution in [0, 0.1) is 6.92 Å². The van der Waals surface area contributed by atoms with E-state index in [4.69, 9.17) is 0 Å². The number of rotatable bonds is 7. The van der Waals surface area contributed by atoms with Crippen molar-refractivity contribution in [3.63, 3.8) is 0 Å². The third kappa shape index (κ3) is 6.27. The molecule has 3 N–H and O–H groups in total. The van der Waals surface area contributed by atoms with E-state index in [0.29, 0.717) is 16.9 Å².